The molecule has 0 atom stereocenters. The molecule has 42 heavy (non-hydrogen) atoms. The molecule has 0 bridgehead atoms. The van der Waals surface area contributed by atoms with E-state index in [1.807, 2.05) is 60.7 Å². The van der Waals surface area contributed by atoms with E-state index < -0.39 is 0 Å². The Hall–Kier alpha value is -5.61. The van der Waals surface area contributed by atoms with Gasteiger partial charge in [-0.05, 0) is 53.6 Å². The van der Waals surface area contributed by atoms with Crippen molar-refractivity contribution in [1.29, 1.82) is 0 Å². The van der Waals surface area contributed by atoms with Crippen LogP contribution in [0.1, 0.15) is 5.56 Å². The zero-order chi connectivity index (χ0) is 28.0. The van der Waals surface area contributed by atoms with Gasteiger partial charge in [0.05, 0.1) is 16.7 Å². The van der Waals surface area contributed by atoms with Crippen molar-refractivity contribution in [3.05, 3.63) is 145 Å². The lowest BCUT2D eigenvalue weighted by Crippen LogP contribution is -2.03. The first-order valence-corrected chi connectivity index (χ1v) is 14.1. The van der Waals surface area contributed by atoms with Gasteiger partial charge in [0, 0.05) is 27.5 Å². The third-order valence-corrected chi connectivity index (χ3v) is 7.95. The lowest BCUT2D eigenvalue weighted by Gasteiger charge is -2.15. The van der Waals surface area contributed by atoms with E-state index >= 15 is 0 Å². The van der Waals surface area contributed by atoms with Gasteiger partial charge < -0.3 is 4.57 Å². The molecule has 0 fully saturated rings. The summed E-state index contributed by atoms with van der Waals surface area (Å²) in [6.07, 6.45) is 0. The molecule has 0 aliphatic carbocycles. The summed E-state index contributed by atoms with van der Waals surface area (Å²) in [4.78, 5) is 15.0. The Kier molecular flexibility index (Phi) is 5.64. The zero-order valence-electron chi connectivity index (χ0n) is 23.1. The SMILES string of the molecule is Cc1cccc2c1c1cc3ccccc3cc1n2-c1ccccc1-c1nc(-c2ccccc2)nc(-c2ccccc2)n1. The van der Waals surface area contributed by atoms with E-state index in [-0.39, 0.29) is 0 Å². The van der Waals surface area contributed by atoms with Crippen molar-refractivity contribution in [2.45, 2.75) is 6.92 Å². The van der Waals surface area contributed by atoms with Crippen LogP contribution in [0.2, 0.25) is 0 Å². The molecule has 0 N–H and O–H groups in total. The topological polar surface area (TPSA) is 43.6 Å². The molecule has 8 rings (SSSR count). The standard InChI is InChI=1S/C38H26N4/c1-25-13-12-22-33-35(25)31-23-28-18-8-9-19-29(28)24-34(31)42(33)32-21-11-10-20-30(32)38-40-36(26-14-4-2-5-15-26)39-37(41-38)27-16-6-3-7-17-27/h2-24H,1H3. The summed E-state index contributed by atoms with van der Waals surface area (Å²) in [6, 6.07) is 48.4. The molecule has 0 saturated carbocycles. The number of fused-ring (bicyclic) bond motifs is 4. The minimum absolute atomic E-state index is 0.641. The number of rotatable bonds is 4. The third-order valence-electron chi connectivity index (χ3n) is 7.95. The summed E-state index contributed by atoms with van der Waals surface area (Å²) in [7, 11) is 0. The Balaban J connectivity index is 1.44. The number of hydrogen-bond acceptors (Lipinski definition) is 3. The van der Waals surface area contributed by atoms with Crippen LogP contribution in [0, 0.1) is 6.92 Å². The van der Waals surface area contributed by atoms with Crippen LogP contribution in [0.3, 0.4) is 0 Å². The maximum atomic E-state index is 5.06. The fraction of sp³-hybridized carbons (Fsp3) is 0.0263. The van der Waals surface area contributed by atoms with E-state index in [1.54, 1.807) is 0 Å². The van der Waals surface area contributed by atoms with Crippen molar-refractivity contribution in [3.8, 4) is 39.9 Å². The van der Waals surface area contributed by atoms with E-state index in [1.165, 1.54) is 27.1 Å². The van der Waals surface area contributed by atoms with E-state index in [0.29, 0.717) is 17.5 Å². The van der Waals surface area contributed by atoms with E-state index in [0.717, 1.165) is 33.4 Å². The van der Waals surface area contributed by atoms with Crippen LogP contribution in [-0.2, 0) is 0 Å². The summed E-state index contributed by atoms with van der Waals surface area (Å²) in [6.45, 7) is 2.19. The smallest absolute Gasteiger partial charge is 0.166 e. The van der Waals surface area contributed by atoms with Gasteiger partial charge in [0.15, 0.2) is 17.5 Å². The molecule has 0 saturated heterocycles. The summed E-state index contributed by atoms with van der Waals surface area (Å²) in [5, 5.41) is 4.95. The number of aryl methyl sites for hydroxylation is 1. The van der Waals surface area contributed by atoms with E-state index in [2.05, 4.69) is 90.4 Å². The highest BCUT2D eigenvalue weighted by atomic mass is 15.1. The normalized spacial score (nSPS) is 11.5. The Labute approximate surface area is 243 Å². The molecule has 4 heteroatoms. The predicted octanol–water partition coefficient (Wildman–Crippen LogP) is 9.43. The molecule has 0 aliphatic rings. The van der Waals surface area contributed by atoms with Crippen LogP contribution in [0.15, 0.2) is 140 Å². The lowest BCUT2D eigenvalue weighted by atomic mass is 10.0. The van der Waals surface area contributed by atoms with Crippen molar-refractivity contribution in [1.82, 2.24) is 19.5 Å². The van der Waals surface area contributed by atoms with Crippen LogP contribution in [0.5, 0.6) is 0 Å². The molecule has 2 aromatic heterocycles. The van der Waals surface area contributed by atoms with Crippen LogP contribution in [-0.4, -0.2) is 19.5 Å². The summed E-state index contributed by atoms with van der Waals surface area (Å²) < 4.78 is 2.37. The molecule has 0 amide bonds. The highest BCUT2D eigenvalue weighted by Crippen LogP contribution is 2.39. The predicted molar refractivity (Wildman–Crippen MR) is 173 cm³/mol. The van der Waals surface area contributed by atoms with Crippen molar-refractivity contribution in [2.75, 3.05) is 0 Å². The minimum atomic E-state index is 0.641. The summed E-state index contributed by atoms with van der Waals surface area (Å²) >= 11 is 0. The first-order valence-electron chi connectivity index (χ1n) is 14.1. The van der Waals surface area contributed by atoms with Crippen molar-refractivity contribution >= 4 is 32.6 Å². The maximum absolute atomic E-state index is 5.06. The Morgan fingerprint density at radius 1 is 0.476 bits per heavy atom. The average Bonchev–Trinajstić information content (AvgIpc) is 3.38. The van der Waals surface area contributed by atoms with Gasteiger partial charge in [0.1, 0.15) is 0 Å². The third kappa shape index (κ3) is 3.96. The molecule has 0 unspecified atom stereocenters. The molecule has 0 radical (unpaired) electrons. The fourth-order valence-corrected chi connectivity index (χ4v) is 5.98. The van der Waals surface area contributed by atoms with Crippen molar-refractivity contribution in [2.24, 2.45) is 0 Å². The molecular formula is C38H26N4. The van der Waals surface area contributed by atoms with Crippen molar-refractivity contribution in [3.63, 3.8) is 0 Å². The largest absolute Gasteiger partial charge is 0.308 e. The molecular weight excluding hydrogens is 512 g/mol. The Morgan fingerprint density at radius 2 is 1.05 bits per heavy atom. The maximum Gasteiger partial charge on any atom is 0.166 e. The number of nitrogens with zero attached hydrogens (tertiary/aromatic N) is 4. The van der Waals surface area contributed by atoms with E-state index in [9.17, 15) is 0 Å². The van der Waals surface area contributed by atoms with Crippen LogP contribution < -0.4 is 0 Å². The van der Waals surface area contributed by atoms with Crippen LogP contribution >= 0.6 is 0 Å². The van der Waals surface area contributed by atoms with E-state index in [4.69, 9.17) is 15.0 Å². The number of para-hydroxylation sites is 1. The average molecular weight is 539 g/mol. The van der Waals surface area contributed by atoms with Gasteiger partial charge in [-0.1, -0.05) is 109 Å². The summed E-state index contributed by atoms with van der Waals surface area (Å²) in [5.74, 6) is 1.94. The fourth-order valence-electron chi connectivity index (χ4n) is 5.98. The molecule has 0 aliphatic heterocycles. The quantitative estimate of drug-likeness (QED) is 0.224. The second kappa shape index (κ2) is 9.79. The highest BCUT2D eigenvalue weighted by molar-refractivity contribution is 6.15. The van der Waals surface area contributed by atoms with Crippen LogP contribution in [0.25, 0.3) is 72.4 Å². The molecule has 2 heterocycles. The molecule has 198 valence electrons. The Morgan fingerprint density at radius 3 is 1.74 bits per heavy atom. The Bertz CT molecular complexity index is 2190. The van der Waals surface area contributed by atoms with Gasteiger partial charge in [-0.3, -0.25) is 0 Å². The van der Waals surface area contributed by atoms with Gasteiger partial charge in [-0.25, -0.2) is 15.0 Å². The number of hydrogen-bond donors (Lipinski definition) is 0. The second-order valence-electron chi connectivity index (χ2n) is 10.6. The molecule has 6 aromatic carbocycles. The minimum Gasteiger partial charge on any atom is -0.308 e. The number of benzene rings is 6. The zero-order valence-corrected chi connectivity index (χ0v) is 23.1. The van der Waals surface area contributed by atoms with Crippen molar-refractivity contribution < 1.29 is 0 Å². The molecule has 8 aromatic rings. The van der Waals surface area contributed by atoms with Gasteiger partial charge in [0.25, 0.3) is 0 Å². The highest BCUT2D eigenvalue weighted by Gasteiger charge is 2.20. The summed E-state index contributed by atoms with van der Waals surface area (Å²) in [5.41, 5.74) is 7.45. The molecule has 0 spiro atoms. The monoisotopic (exact) mass is 538 g/mol. The van der Waals surface area contributed by atoms with Gasteiger partial charge in [0.2, 0.25) is 0 Å². The first-order chi connectivity index (χ1) is 20.7. The van der Waals surface area contributed by atoms with Crippen LogP contribution in [0.4, 0.5) is 0 Å². The van der Waals surface area contributed by atoms with Gasteiger partial charge in [-0.15, -0.1) is 0 Å². The van der Waals surface area contributed by atoms with Gasteiger partial charge in [-0.2, -0.15) is 0 Å². The first kappa shape index (κ1) is 24.2. The number of aromatic nitrogens is 4. The second-order valence-corrected chi connectivity index (χ2v) is 10.6. The van der Waals surface area contributed by atoms with Gasteiger partial charge >= 0.3 is 0 Å². The lowest BCUT2D eigenvalue weighted by molar-refractivity contribution is 1.06. The molecule has 4 nitrogen and oxygen atoms in total.